The van der Waals surface area contributed by atoms with Crippen LogP contribution in [0.25, 0.3) is 0 Å². The van der Waals surface area contributed by atoms with Gasteiger partial charge in [-0.1, -0.05) is 0 Å². The van der Waals surface area contributed by atoms with Crippen LogP contribution in [-0.2, 0) is 0 Å². The lowest BCUT2D eigenvalue weighted by Gasteiger charge is -1.92. The Balaban J connectivity index is 3.15. The molecule has 0 atom stereocenters. The molecule has 0 aliphatic rings. The Hall–Kier alpha value is -1.25. The van der Waals surface area contributed by atoms with E-state index in [1.54, 1.807) is 12.4 Å². The van der Waals surface area contributed by atoms with Gasteiger partial charge in [-0.2, -0.15) is 0 Å². The van der Waals surface area contributed by atoms with Crippen LogP contribution in [0.3, 0.4) is 0 Å². The Bertz CT molecular complexity index is 219. The highest BCUT2D eigenvalue weighted by atomic mass is 14.9. The highest BCUT2D eigenvalue weighted by molar-refractivity contribution is 5.41. The second-order valence-electron chi connectivity index (χ2n) is 1.62. The summed E-state index contributed by atoms with van der Waals surface area (Å²) in [6, 6.07) is 0. The molecule has 46 valence electrons. The smallest absolute Gasteiger partial charge is 0.172 e. The predicted molar refractivity (Wildman–Crippen MR) is 36.0 cm³/mol. The van der Waals surface area contributed by atoms with E-state index in [1.807, 2.05) is 6.92 Å². The number of hydrogen-bond acceptors (Lipinski definition) is 3. The Labute approximate surface area is 53.5 Å². The second-order valence-corrected chi connectivity index (χ2v) is 1.62. The topological polar surface area (TPSA) is 38.1 Å². The summed E-state index contributed by atoms with van der Waals surface area (Å²) in [5, 5.41) is 0. The Morgan fingerprint density at radius 1 is 1.44 bits per heavy atom. The van der Waals surface area contributed by atoms with Crippen LogP contribution >= 0.6 is 0 Å². The second kappa shape index (κ2) is 2.35. The quantitative estimate of drug-likeness (QED) is 0.522. The molecule has 0 N–H and O–H groups in total. The van der Waals surface area contributed by atoms with Gasteiger partial charge < -0.3 is 0 Å². The van der Waals surface area contributed by atoms with Crippen LogP contribution in [0.5, 0.6) is 0 Å². The molecule has 0 spiro atoms. The average Bonchev–Trinajstić information content (AvgIpc) is 1.89. The minimum absolute atomic E-state index is 0.609. The Kier molecular flexibility index (Phi) is 1.53. The molecule has 1 aromatic heterocycles. The third-order valence-corrected chi connectivity index (χ3v) is 1.01. The zero-order valence-electron chi connectivity index (χ0n) is 5.20. The summed E-state index contributed by atoms with van der Waals surface area (Å²) in [7, 11) is 0. The van der Waals surface area contributed by atoms with Crippen LogP contribution in [0.15, 0.2) is 17.4 Å². The summed E-state index contributed by atoms with van der Waals surface area (Å²) in [6.07, 6.45) is 3.22. The fourth-order valence-electron chi connectivity index (χ4n) is 0.555. The number of aliphatic imine (C=N–C) groups is 1. The number of hydrogen-bond donors (Lipinski definition) is 0. The van der Waals surface area contributed by atoms with Gasteiger partial charge in [0.15, 0.2) is 5.82 Å². The van der Waals surface area contributed by atoms with Crippen molar-refractivity contribution in [3.8, 4) is 0 Å². The molecule has 0 saturated carbocycles. The number of aromatic nitrogens is 2. The molecular weight excluding hydrogens is 114 g/mol. The van der Waals surface area contributed by atoms with E-state index >= 15 is 0 Å². The number of aryl methyl sites for hydroxylation is 1. The van der Waals surface area contributed by atoms with Gasteiger partial charge in [0.25, 0.3) is 0 Å². The molecule has 9 heavy (non-hydrogen) atoms. The van der Waals surface area contributed by atoms with Crippen molar-refractivity contribution in [1.82, 2.24) is 9.97 Å². The monoisotopic (exact) mass is 121 g/mol. The van der Waals surface area contributed by atoms with Crippen molar-refractivity contribution in [2.75, 3.05) is 0 Å². The molecule has 3 heteroatoms. The maximum Gasteiger partial charge on any atom is 0.172 e. The van der Waals surface area contributed by atoms with E-state index in [-0.39, 0.29) is 0 Å². The first kappa shape index (κ1) is 5.88. The van der Waals surface area contributed by atoms with Crippen LogP contribution in [0, 0.1) is 6.92 Å². The number of nitrogens with zero attached hydrogens (tertiary/aromatic N) is 3. The van der Waals surface area contributed by atoms with E-state index in [4.69, 9.17) is 0 Å². The highest BCUT2D eigenvalue weighted by Crippen LogP contribution is 2.07. The first-order chi connectivity index (χ1) is 4.34. The maximum atomic E-state index is 3.95. The van der Waals surface area contributed by atoms with Gasteiger partial charge in [-0.25, -0.2) is 9.98 Å². The normalized spacial score (nSPS) is 9.00. The zero-order valence-corrected chi connectivity index (χ0v) is 5.20. The summed E-state index contributed by atoms with van der Waals surface area (Å²) in [5.74, 6) is 0.609. The number of rotatable bonds is 1. The van der Waals surface area contributed by atoms with Crippen LogP contribution in [-0.4, -0.2) is 16.7 Å². The molecule has 0 fully saturated rings. The molecule has 0 aliphatic carbocycles. The van der Waals surface area contributed by atoms with Gasteiger partial charge in [0.1, 0.15) is 0 Å². The summed E-state index contributed by atoms with van der Waals surface area (Å²) < 4.78 is 0. The summed E-state index contributed by atoms with van der Waals surface area (Å²) in [4.78, 5) is 11.5. The third kappa shape index (κ3) is 1.10. The van der Waals surface area contributed by atoms with Crippen molar-refractivity contribution in [2.45, 2.75) is 6.92 Å². The summed E-state index contributed by atoms with van der Waals surface area (Å²) >= 11 is 0. The van der Waals surface area contributed by atoms with Gasteiger partial charge in [-0.05, 0) is 13.6 Å². The van der Waals surface area contributed by atoms with E-state index < -0.39 is 0 Å². The van der Waals surface area contributed by atoms with Crippen molar-refractivity contribution in [3.05, 3.63) is 18.1 Å². The lowest BCUT2D eigenvalue weighted by atomic mass is 10.5. The van der Waals surface area contributed by atoms with Crippen molar-refractivity contribution >= 4 is 12.5 Å². The molecule has 1 aromatic rings. The third-order valence-electron chi connectivity index (χ3n) is 1.01. The predicted octanol–water partition coefficient (Wildman–Crippen LogP) is 1.12. The minimum Gasteiger partial charge on any atom is -0.256 e. The van der Waals surface area contributed by atoms with Gasteiger partial charge >= 0.3 is 0 Å². The van der Waals surface area contributed by atoms with Gasteiger partial charge in [0, 0.05) is 12.4 Å². The highest BCUT2D eigenvalue weighted by Gasteiger charge is 1.91. The first-order valence-corrected chi connectivity index (χ1v) is 2.59. The minimum atomic E-state index is 0.609. The van der Waals surface area contributed by atoms with E-state index in [9.17, 15) is 0 Å². The lowest BCUT2D eigenvalue weighted by Crippen LogP contribution is -1.81. The van der Waals surface area contributed by atoms with E-state index in [0.29, 0.717) is 5.82 Å². The lowest BCUT2D eigenvalue weighted by molar-refractivity contribution is 1.10. The fraction of sp³-hybridized carbons (Fsp3) is 0.167. The average molecular weight is 121 g/mol. The molecule has 0 amide bonds. The van der Waals surface area contributed by atoms with Gasteiger partial charge in [0.05, 0.1) is 5.69 Å². The maximum absolute atomic E-state index is 3.95. The van der Waals surface area contributed by atoms with E-state index in [0.717, 1.165) is 5.69 Å². The van der Waals surface area contributed by atoms with Gasteiger partial charge in [0.2, 0.25) is 0 Å². The molecule has 1 heterocycles. The van der Waals surface area contributed by atoms with Crippen molar-refractivity contribution < 1.29 is 0 Å². The SMILES string of the molecule is C=Nc1nccnc1C. The van der Waals surface area contributed by atoms with E-state index in [2.05, 4.69) is 21.7 Å². The molecule has 1 rings (SSSR count). The summed E-state index contributed by atoms with van der Waals surface area (Å²) in [6.45, 7) is 5.18. The van der Waals surface area contributed by atoms with Crippen LogP contribution in [0.1, 0.15) is 5.69 Å². The van der Waals surface area contributed by atoms with Crippen LogP contribution in [0.2, 0.25) is 0 Å². The molecule has 3 nitrogen and oxygen atoms in total. The molecule has 0 bridgehead atoms. The molecule has 0 aromatic carbocycles. The zero-order chi connectivity index (χ0) is 6.69. The first-order valence-electron chi connectivity index (χ1n) is 2.59. The molecule has 0 saturated heterocycles. The molecule has 0 unspecified atom stereocenters. The van der Waals surface area contributed by atoms with Crippen molar-refractivity contribution in [1.29, 1.82) is 0 Å². The van der Waals surface area contributed by atoms with Crippen LogP contribution < -0.4 is 0 Å². The summed E-state index contributed by atoms with van der Waals surface area (Å²) in [5.41, 5.74) is 0.813. The Morgan fingerprint density at radius 3 is 2.56 bits per heavy atom. The fourth-order valence-corrected chi connectivity index (χ4v) is 0.555. The molecule has 0 radical (unpaired) electrons. The van der Waals surface area contributed by atoms with E-state index in [1.165, 1.54) is 0 Å². The van der Waals surface area contributed by atoms with Crippen molar-refractivity contribution in [3.63, 3.8) is 0 Å². The van der Waals surface area contributed by atoms with Crippen molar-refractivity contribution in [2.24, 2.45) is 4.99 Å². The standard InChI is InChI=1S/C6H7N3/c1-5-6(7-2)9-4-3-8-5/h3-4H,2H2,1H3. The van der Waals surface area contributed by atoms with Gasteiger partial charge in [-0.15, -0.1) is 0 Å². The largest absolute Gasteiger partial charge is 0.256 e. The molecular formula is C6H7N3. The van der Waals surface area contributed by atoms with Crippen LogP contribution in [0.4, 0.5) is 5.82 Å². The Morgan fingerprint density at radius 2 is 2.11 bits per heavy atom. The molecule has 0 aliphatic heterocycles. The van der Waals surface area contributed by atoms with Gasteiger partial charge in [-0.3, -0.25) is 4.98 Å².